The minimum atomic E-state index is -3.68. The number of fused-ring (bicyclic) bond motifs is 1. The molecule has 0 atom stereocenters. The van der Waals surface area contributed by atoms with Crippen molar-refractivity contribution in [1.82, 2.24) is 4.31 Å². The van der Waals surface area contributed by atoms with E-state index in [1.807, 2.05) is 6.92 Å². The number of amides is 3. The summed E-state index contributed by atoms with van der Waals surface area (Å²) < 4.78 is 42.5. The third-order valence-electron chi connectivity index (χ3n) is 6.61. The number of carbonyl (C=O) groups excluding carboxylic acids is 4. The highest BCUT2D eigenvalue weighted by molar-refractivity contribution is 7.89. The smallest absolute Gasteiger partial charge is 0.338 e. The maximum absolute atomic E-state index is 13.0. The molecule has 3 amide bonds. The lowest BCUT2D eigenvalue weighted by atomic mass is 10.1. The Bertz CT molecular complexity index is 1630. The molecule has 0 radical (unpaired) electrons. The topological polar surface area (TPSA) is 149 Å². The van der Waals surface area contributed by atoms with Crippen molar-refractivity contribution in [3.63, 3.8) is 0 Å². The third-order valence-corrected chi connectivity index (χ3v) is 8.52. The molecule has 5 rings (SSSR count). The van der Waals surface area contributed by atoms with Crippen LogP contribution in [0, 0.1) is 0 Å². The van der Waals surface area contributed by atoms with Crippen molar-refractivity contribution in [1.29, 1.82) is 0 Å². The lowest BCUT2D eigenvalue weighted by Gasteiger charge is -2.26. The normalized spacial score (nSPS) is 15.3. The van der Waals surface area contributed by atoms with Crippen LogP contribution >= 0.6 is 0 Å². The van der Waals surface area contributed by atoms with Crippen LogP contribution in [0.2, 0.25) is 0 Å². The van der Waals surface area contributed by atoms with E-state index in [4.69, 9.17) is 14.2 Å². The summed E-state index contributed by atoms with van der Waals surface area (Å²) in [6.07, 6.45) is 0. The number of ether oxygens (including phenoxy) is 3. The van der Waals surface area contributed by atoms with Crippen LogP contribution in [0.4, 0.5) is 11.4 Å². The minimum Gasteiger partial charge on any atom is -0.494 e. The molecule has 42 heavy (non-hydrogen) atoms. The number of anilines is 2. The Morgan fingerprint density at radius 2 is 1.57 bits per heavy atom. The van der Waals surface area contributed by atoms with Crippen molar-refractivity contribution in [2.75, 3.05) is 49.7 Å². The Hall–Kier alpha value is -4.59. The van der Waals surface area contributed by atoms with Crippen LogP contribution in [0.3, 0.4) is 0 Å². The Morgan fingerprint density at radius 3 is 2.24 bits per heavy atom. The molecule has 1 saturated heterocycles. The molecule has 1 fully saturated rings. The van der Waals surface area contributed by atoms with Gasteiger partial charge in [0, 0.05) is 18.8 Å². The summed E-state index contributed by atoms with van der Waals surface area (Å²) in [5.41, 5.74) is 0.848. The van der Waals surface area contributed by atoms with Gasteiger partial charge in [0.2, 0.25) is 10.0 Å². The van der Waals surface area contributed by atoms with Crippen LogP contribution in [0.5, 0.6) is 5.75 Å². The molecule has 12 nitrogen and oxygen atoms in total. The van der Waals surface area contributed by atoms with E-state index in [9.17, 15) is 27.6 Å². The average molecular weight is 594 g/mol. The fourth-order valence-corrected chi connectivity index (χ4v) is 5.93. The molecule has 1 N–H and O–H groups in total. The second-order valence-electron chi connectivity index (χ2n) is 9.30. The first-order chi connectivity index (χ1) is 20.2. The summed E-state index contributed by atoms with van der Waals surface area (Å²) in [5.74, 6) is -2.03. The summed E-state index contributed by atoms with van der Waals surface area (Å²) in [6.45, 7) is 2.87. The van der Waals surface area contributed by atoms with E-state index < -0.39 is 40.3 Å². The van der Waals surface area contributed by atoms with E-state index in [0.29, 0.717) is 36.9 Å². The SMILES string of the molecule is CCOc1ccc(N2C(=O)c3ccc(C(=O)OCC(=O)Nc4ccc(S(=O)(=O)N5CCOCC5)cc4)cc3C2=O)cc1. The van der Waals surface area contributed by atoms with Crippen molar-refractivity contribution < 1.29 is 41.8 Å². The van der Waals surface area contributed by atoms with Crippen LogP contribution in [0.25, 0.3) is 0 Å². The Balaban J connectivity index is 1.18. The lowest BCUT2D eigenvalue weighted by molar-refractivity contribution is -0.119. The number of esters is 1. The zero-order valence-corrected chi connectivity index (χ0v) is 23.4. The Labute approximate surface area is 241 Å². The monoisotopic (exact) mass is 593 g/mol. The van der Waals surface area contributed by atoms with E-state index in [-0.39, 0.29) is 34.7 Å². The van der Waals surface area contributed by atoms with E-state index in [0.717, 1.165) is 4.90 Å². The van der Waals surface area contributed by atoms with E-state index in [2.05, 4.69) is 5.32 Å². The molecule has 0 aliphatic carbocycles. The van der Waals surface area contributed by atoms with E-state index in [1.165, 1.54) is 46.8 Å². The number of sulfonamides is 1. The molecule has 218 valence electrons. The fourth-order valence-electron chi connectivity index (χ4n) is 4.52. The number of nitrogens with zero attached hydrogens (tertiary/aromatic N) is 2. The molecule has 2 aliphatic heterocycles. The number of benzene rings is 3. The minimum absolute atomic E-state index is 0.00563. The van der Waals surface area contributed by atoms with Gasteiger partial charge in [-0.3, -0.25) is 14.4 Å². The molecule has 2 heterocycles. The van der Waals surface area contributed by atoms with Gasteiger partial charge < -0.3 is 19.5 Å². The highest BCUT2D eigenvalue weighted by atomic mass is 32.2. The van der Waals surface area contributed by atoms with Crippen molar-refractivity contribution in [2.45, 2.75) is 11.8 Å². The van der Waals surface area contributed by atoms with Crippen molar-refractivity contribution in [3.8, 4) is 5.75 Å². The number of hydrogen-bond acceptors (Lipinski definition) is 9. The largest absolute Gasteiger partial charge is 0.494 e. The fraction of sp³-hybridized carbons (Fsp3) is 0.241. The van der Waals surface area contributed by atoms with Crippen LogP contribution in [-0.4, -0.2) is 75.9 Å². The first-order valence-corrected chi connectivity index (χ1v) is 14.5. The maximum Gasteiger partial charge on any atom is 0.338 e. The number of rotatable bonds is 9. The highest BCUT2D eigenvalue weighted by Crippen LogP contribution is 2.30. The summed E-state index contributed by atoms with van der Waals surface area (Å²) >= 11 is 0. The predicted molar refractivity (Wildman–Crippen MR) is 150 cm³/mol. The summed E-state index contributed by atoms with van der Waals surface area (Å²) in [4.78, 5) is 52.1. The van der Waals surface area contributed by atoms with Crippen LogP contribution in [-0.2, 0) is 24.3 Å². The molecular formula is C29H27N3O9S. The zero-order chi connectivity index (χ0) is 29.9. The molecule has 0 saturated carbocycles. The molecule has 0 bridgehead atoms. The van der Waals surface area contributed by atoms with Gasteiger partial charge >= 0.3 is 5.97 Å². The quantitative estimate of drug-likeness (QED) is 0.292. The van der Waals surface area contributed by atoms with Crippen molar-refractivity contribution in [2.24, 2.45) is 0 Å². The maximum atomic E-state index is 13.0. The lowest BCUT2D eigenvalue weighted by Crippen LogP contribution is -2.40. The molecular weight excluding hydrogens is 566 g/mol. The summed E-state index contributed by atoms with van der Waals surface area (Å²) in [7, 11) is -3.68. The summed E-state index contributed by atoms with van der Waals surface area (Å²) in [5, 5.41) is 2.54. The zero-order valence-electron chi connectivity index (χ0n) is 22.6. The molecule has 0 unspecified atom stereocenters. The highest BCUT2D eigenvalue weighted by Gasteiger charge is 2.37. The van der Waals surface area contributed by atoms with Crippen molar-refractivity contribution in [3.05, 3.63) is 83.4 Å². The Kier molecular flexibility index (Phi) is 8.34. The van der Waals surface area contributed by atoms with Gasteiger partial charge in [-0.25, -0.2) is 18.1 Å². The van der Waals surface area contributed by atoms with Gasteiger partial charge in [-0.1, -0.05) is 0 Å². The van der Waals surface area contributed by atoms with Gasteiger partial charge in [0.05, 0.1) is 47.1 Å². The second kappa shape index (κ2) is 12.1. The summed E-state index contributed by atoms with van der Waals surface area (Å²) in [6, 6.07) is 16.1. The van der Waals surface area contributed by atoms with Crippen LogP contribution in [0.15, 0.2) is 71.6 Å². The van der Waals surface area contributed by atoms with Gasteiger partial charge in [0.25, 0.3) is 17.7 Å². The number of morpholine rings is 1. The third kappa shape index (κ3) is 5.88. The average Bonchev–Trinajstić information content (AvgIpc) is 3.26. The van der Waals surface area contributed by atoms with Gasteiger partial charge in [0.1, 0.15) is 5.75 Å². The predicted octanol–water partition coefficient (Wildman–Crippen LogP) is 2.70. The molecule has 3 aromatic rings. The van der Waals surface area contributed by atoms with Gasteiger partial charge in [0.15, 0.2) is 6.61 Å². The second-order valence-corrected chi connectivity index (χ2v) is 11.2. The van der Waals surface area contributed by atoms with Gasteiger partial charge in [-0.2, -0.15) is 4.31 Å². The van der Waals surface area contributed by atoms with E-state index in [1.54, 1.807) is 24.3 Å². The van der Waals surface area contributed by atoms with Crippen molar-refractivity contribution >= 4 is 45.1 Å². The van der Waals surface area contributed by atoms with Crippen LogP contribution in [0.1, 0.15) is 38.0 Å². The van der Waals surface area contributed by atoms with Gasteiger partial charge in [-0.15, -0.1) is 0 Å². The number of hydrogen-bond donors (Lipinski definition) is 1. The number of imide groups is 1. The van der Waals surface area contributed by atoms with Crippen LogP contribution < -0.4 is 15.0 Å². The standard InChI is InChI=1S/C29H27N3O9S/c1-2-40-22-8-6-21(7-9-22)32-27(34)24-12-3-19(17-25(24)28(32)35)29(36)41-18-26(33)30-20-4-10-23(11-5-20)42(37,38)31-13-15-39-16-14-31/h3-12,17H,2,13-16,18H2,1H3,(H,30,33). The molecule has 0 aromatic heterocycles. The molecule has 3 aromatic carbocycles. The first-order valence-electron chi connectivity index (χ1n) is 13.1. The number of nitrogens with one attached hydrogen (secondary N) is 1. The Morgan fingerprint density at radius 1 is 0.905 bits per heavy atom. The number of carbonyl (C=O) groups is 4. The first kappa shape index (κ1) is 28.9. The van der Waals surface area contributed by atoms with Gasteiger partial charge in [-0.05, 0) is 73.7 Å². The molecule has 13 heteroatoms. The molecule has 2 aliphatic rings. The molecule has 0 spiro atoms. The van der Waals surface area contributed by atoms with E-state index >= 15 is 0 Å².